The maximum Gasteiger partial charge on any atom is 0.183 e. The molecule has 2 aromatic heterocycles. The van der Waals surface area contributed by atoms with Crippen LogP contribution in [-0.2, 0) is 0 Å². The number of hydrogen-bond acceptors (Lipinski definition) is 4. The van der Waals surface area contributed by atoms with Crippen LogP contribution in [0, 0.1) is 0 Å². The van der Waals surface area contributed by atoms with Crippen molar-refractivity contribution in [3.05, 3.63) is 85.2 Å². The number of aromatic nitrogens is 4. The van der Waals surface area contributed by atoms with Gasteiger partial charge in [0.1, 0.15) is 5.52 Å². The summed E-state index contributed by atoms with van der Waals surface area (Å²) in [6, 6.07) is 28.2. The van der Waals surface area contributed by atoms with E-state index < -0.39 is 0 Å². The van der Waals surface area contributed by atoms with Crippen molar-refractivity contribution in [2.24, 2.45) is 0 Å². The van der Waals surface area contributed by atoms with E-state index in [0.29, 0.717) is 22.8 Å². The zero-order valence-corrected chi connectivity index (χ0v) is 17.0. The summed E-state index contributed by atoms with van der Waals surface area (Å²) < 4.78 is 0. The van der Waals surface area contributed by atoms with Gasteiger partial charge in [0, 0.05) is 5.56 Å². The minimum atomic E-state index is 0.401. The number of nitrogens with one attached hydrogen (secondary N) is 1. The molecule has 150 valence electrons. The first kappa shape index (κ1) is 17.2. The van der Waals surface area contributed by atoms with Crippen molar-refractivity contribution in [1.82, 2.24) is 19.9 Å². The number of benzene rings is 5. The molecule has 0 aliphatic heterocycles. The molecule has 0 saturated heterocycles. The number of nitrogen functional groups attached to an aromatic ring is 1. The molecule has 5 aromatic carbocycles. The average molecular weight is 411 g/mol. The van der Waals surface area contributed by atoms with Gasteiger partial charge in [0.15, 0.2) is 17.3 Å². The Morgan fingerprint density at radius 1 is 0.625 bits per heavy atom. The van der Waals surface area contributed by atoms with Crippen LogP contribution in [0.15, 0.2) is 85.2 Å². The van der Waals surface area contributed by atoms with Crippen LogP contribution in [0.4, 0.5) is 5.82 Å². The first-order valence-electron chi connectivity index (χ1n) is 10.5. The van der Waals surface area contributed by atoms with E-state index in [2.05, 4.69) is 86.7 Å². The van der Waals surface area contributed by atoms with Crippen molar-refractivity contribution in [3.8, 4) is 11.4 Å². The molecule has 2 heterocycles. The lowest BCUT2D eigenvalue weighted by atomic mass is 9.96. The number of fused-ring (bicyclic) bond motifs is 5. The van der Waals surface area contributed by atoms with E-state index in [1.807, 2.05) is 12.1 Å². The van der Waals surface area contributed by atoms with Gasteiger partial charge < -0.3 is 10.7 Å². The minimum Gasteiger partial charge on any atom is -0.382 e. The molecule has 0 aliphatic carbocycles. The third kappa shape index (κ3) is 2.48. The standard InChI is InChI=1S/C27H17N5/c28-25-24-27(30-14-29-24)32-26(31-25)22-7-3-6-17-10-20-11-18-8-15-4-1-2-5-16(15)9-19(18)12-21(20)13-23(17)22/h1-14H,(H3,28,29,30,31,32). The van der Waals surface area contributed by atoms with Gasteiger partial charge in [-0.15, -0.1) is 0 Å². The van der Waals surface area contributed by atoms with Crippen LogP contribution in [0.2, 0.25) is 0 Å². The number of imidazole rings is 1. The quantitative estimate of drug-likeness (QED) is 0.315. The molecule has 5 heteroatoms. The van der Waals surface area contributed by atoms with Gasteiger partial charge in [-0.2, -0.15) is 0 Å². The van der Waals surface area contributed by atoms with E-state index in [9.17, 15) is 0 Å². The van der Waals surface area contributed by atoms with E-state index in [0.717, 1.165) is 16.3 Å². The Labute approximate surface area is 182 Å². The molecule has 0 atom stereocenters. The monoisotopic (exact) mass is 411 g/mol. The Balaban J connectivity index is 1.51. The number of anilines is 1. The highest BCUT2D eigenvalue weighted by molar-refractivity contribution is 6.10. The summed E-state index contributed by atoms with van der Waals surface area (Å²) in [5, 5.41) is 9.59. The summed E-state index contributed by atoms with van der Waals surface area (Å²) in [5.74, 6) is 0.983. The average Bonchev–Trinajstić information content (AvgIpc) is 3.29. The van der Waals surface area contributed by atoms with Crippen LogP contribution < -0.4 is 5.73 Å². The molecule has 5 nitrogen and oxygen atoms in total. The number of rotatable bonds is 1. The molecule has 0 aliphatic rings. The third-order valence-electron chi connectivity index (χ3n) is 6.21. The Morgan fingerprint density at radius 2 is 1.25 bits per heavy atom. The minimum absolute atomic E-state index is 0.401. The highest BCUT2D eigenvalue weighted by Crippen LogP contribution is 2.34. The Morgan fingerprint density at radius 3 is 2.00 bits per heavy atom. The summed E-state index contributed by atoms with van der Waals surface area (Å²) in [5.41, 5.74) is 8.34. The van der Waals surface area contributed by atoms with Gasteiger partial charge in [0.25, 0.3) is 0 Å². The van der Waals surface area contributed by atoms with Crippen LogP contribution >= 0.6 is 0 Å². The molecule has 0 saturated carbocycles. The second kappa shape index (κ2) is 6.25. The maximum absolute atomic E-state index is 6.16. The summed E-state index contributed by atoms with van der Waals surface area (Å²) in [7, 11) is 0. The Bertz CT molecular complexity index is 1850. The van der Waals surface area contributed by atoms with Crippen LogP contribution in [-0.4, -0.2) is 19.9 Å². The Kier molecular flexibility index (Phi) is 3.36. The zero-order valence-electron chi connectivity index (χ0n) is 17.0. The van der Waals surface area contributed by atoms with Gasteiger partial charge in [-0.3, -0.25) is 0 Å². The lowest BCUT2D eigenvalue weighted by Crippen LogP contribution is -1.98. The number of nitrogens with two attached hydrogens (primary N) is 1. The molecular weight excluding hydrogens is 394 g/mol. The highest BCUT2D eigenvalue weighted by Gasteiger charge is 2.13. The number of nitrogens with zero attached hydrogens (tertiary/aromatic N) is 3. The van der Waals surface area contributed by atoms with Crippen molar-refractivity contribution in [2.75, 3.05) is 5.73 Å². The first-order valence-corrected chi connectivity index (χ1v) is 10.5. The SMILES string of the molecule is Nc1nc(-c2cccc3cc4cc5cc6ccccc6cc5cc4cc23)nc2nc[nH]c12. The molecule has 32 heavy (non-hydrogen) atoms. The normalized spacial score (nSPS) is 11.9. The smallest absolute Gasteiger partial charge is 0.183 e. The van der Waals surface area contributed by atoms with Crippen LogP contribution in [0.1, 0.15) is 0 Å². The fourth-order valence-electron chi connectivity index (χ4n) is 4.64. The molecule has 0 amide bonds. The van der Waals surface area contributed by atoms with Crippen molar-refractivity contribution in [2.45, 2.75) is 0 Å². The van der Waals surface area contributed by atoms with E-state index in [-0.39, 0.29) is 0 Å². The van der Waals surface area contributed by atoms with Crippen LogP contribution in [0.25, 0.3) is 65.6 Å². The van der Waals surface area contributed by atoms with Gasteiger partial charge in [-0.05, 0) is 79.5 Å². The van der Waals surface area contributed by atoms with E-state index in [1.54, 1.807) is 6.33 Å². The number of aromatic amines is 1. The van der Waals surface area contributed by atoms with Crippen LogP contribution in [0.3, 0.4) is 0 Å². The summed E-state index contributed by atoms with van der Waals surface area (Å²) in [6.45, 7) is 0. The van der Waals surface area contributed by atoms with Crippen molar-refractivity contribution >= 4 is 60.1 Å². The third-order valence-corrected chi connectivity index (χ3v) is 6.21. The lowest BCUT2D eigenvalue weighted by molar-refractivity contribution is 1.22. The van der Waals surface area contributed by atoms with Gasteiger partial charge >= 0.3 is 0 Å². The zero-order chi connectivity index (χ0) is 21.2. The molecule has 0 bridgehead atoms. The molecule has 7 rings (SSSR count). The fourth-order valence-corrected chi connectivity index (χ4v) is 4.64. The topological polar surface area (TPSA) is 80.5 Å². The van der Waals surface area contributed by atoms with Crippen LogP contribution in [0.5, 0.6) is 0 Å². The van der Waals surface area contributed by atoms with E-state index >= 15 is 0 Å². The highest BCUT2D eigenvalue weighted by atomic mass is 15.0. The molecule has 0 unspecified atom stereocenters. The van der Waals surface area contributed by atoms with Crippen molar-refractivity contribution in [1.29, 1.82) is 0 Å². The first-order chi connectivity index (χ1) is 15.7. The molecule has 7 aromatic rings. The predicted octanol–water partition coefficient (Wildman–Crippen LogP) is 6.21. The van der Waals surface area contributed by atoms with E-state index in [1.165, 1.54) is 32.3 Å². The molecule has 0 fully saturated rings. The summed E-state index contributed by atoms with van der Waals surface area (Å²) in [6.07, 6.45) is 1.59. The van der Waals surface area contributed by atoms with E-state index in [4.69, 9.17) is 5.73 Å². The van der Waals surface area contributed by atoms with Gasteiger partial charge in [0.05, 0.1) is 6.33 Å². The molecule has 3 N–H and O–H groups in total. The summed E-state index contributed by atoms with van der Waals surface area (Å²) >= 11 is 0. The second-order valence-corrected chi connectivity index (χ2v) is 8.16. The Hall–Kier alpha value is -4.51. The predicted molar refractivity (Wildman–Crippen MR) is 132 cm³/mol. The lowest BCUT2D eigenvalue weighted by Gasteiger charge is -2.10. The largest absolute Gasteiger partial charge is 0.382 e. The van der Waals surface area contributed by atoms with Crippen molar-refractivity contribution < 1.29 is 0 Å². The fraction of sp³-hybridized carbons (Fsp3) is 0. The number of hydrogen-bond donors (Lipinski definition) is 2. The molecule has 0 radical (unpaired) electrons. The van der Waals surface area contributed by atoms with Gasteiger partial charge in [-0.25, -0.2) is 15.0 Å². The maximum atomic E-state index is 6.16. The van der Waals surface area contributed by atoms with Crippen molar-refractivity contribution in [3.63, 3.8) is 0 Å². The van der Waals surface area contributed by atoms with Gasteiger partial charge in [0.2, 0.25) is 0 Å². The molecule has 0 spiro atoms. The summed E-state index contributed by atoms with van der Waals surface area (Å²) in [4.78, 5) is 16.5. The molecular formula is C27H17N5. The number of H-pyrrole nitrogens is 1. The van der Waals surface area contributed by atoms with Gasteiger partial charge in [-0.1, -0.05) is 42.5 Å². The second-order valence-electron chi connectivity index (χ2n) is 8.16.